The summed E-state index contributed by atoms with van der Waals surface area (Å²) in [5, 5.41) is 13.8. The minimum atomic E-state index is -1.07. The zero-order valence-electron chi connectivity index (χ0n) is 15.1. The Hall–Kier alpha value is -3.08. The van der Waals surface area contributed by atoms with E-state index in [1.807, 2.05) is 30.3 Å². The zero-order chi connectivity index (χ0) is 18.7. The molecule has 3 aromatic rings. The lowest BCUT2D eigenvalue weighted by Crippen LogP contribution is -2.11. The molecular formula is C21H21NO4. The Balaban J connectivity index is 1.99. The molecule has 26 heavy (non-hydrogen) atoms. The van der Waals surface area contributed by atoms with Crippen LogP contribution in [0.25, 0.3) is 11.0 Å². The molecule has 5 heteroatoms. The molecule has 5 nitrogen and oxygen atoms in total. The van der Waals surface area contributed by atoms with Crippen molar-refractivity contribution < 1.29 is 19.2 Å². The zero-order valence-corrected chi connectivity index (χ0v) is 15.1. The number of carbonyl (C=O) groups is 1. The van der Waals surface area contributed by atoms with Gasteiger partial charge in [-0.1, -0.05) is 41.1 Å². The van der Waals surface area contributed by atoms with Crippen molar-refractivity contribution in [2.75, 3.05) is 6.61 Å². The van der Waals surface area contributed by atoms with Crippen LogP contribution >= 0.6 is 0 Å². The quantitative estimate of drug-likeness (QED) is 0.527. The summed E-state index contributed by atoms with van der Waals surface area (Å²) in [6.07, 6.45) is 0.497. The van der Waals surface area contributed by atoms with Crippen molar-refractivity contribution in [2.24, 2.45) is 5.16 Å². The van der Waals surface area contributed by atoms with Gasteiger partial charge in [-0.2, -0.15) is 0 Å². The second-order valence-electron chi connectivity index (χ2n) is 6.41. The van der Waals surface area contributed by atoms with Crippen LogP contribution in [0.5, 0.6) is 0 Å². The van der Waals surface area contributed by atoms with Gasteiger partial charge in [-0.25, -0.2) is 4.79 Å². The van der Waals surface area contributed by atoms with Crippen molar-refractivity contribution in [3.8, 4) is 0 Å². The first-order valence-corrected chi connectivity index (χ1v) is 8.40. The lowest BCUT2D eigenvalue weighted by Gasteiger charge is -2.12. The lowest BCUT2D eigenvalue weighted by molar-refractivity contribution is -0.142. The molecule has 134 valence electrons. The molecule has 0 amide bonds. The largest absolute Gasteiger partial charge is 0.479 e. The molecule has 0 aliphatic heterocycles. The predicted molar refractivity (Wildman–Crippen MR) is 101 cm³/mol. The number of benzene rings is 2. The van der Waals surface area contributed by atoms with E-state index in [1.165, 1.54) is 5.56 Å². The fraction of sp³-hybridized carbons (Fsp3) is 0.238. The Morgan fingerprint density at radius 3 is 2.46 bits per heavy atom. The Labute approximate surface area is 151 Å². The van der Waals surface area contributed by atoms with E-state index in [0.717, 1.165) is 27.7 Å². The summed E-state index contributed by atoms with van der Waals surface area (Å²) in [4.78, 5) is 15.8. The fourth-order valence-electron chi connectivity index (χ4n) is 3.11. The summed E-state index contributed by atoms with van der Waals surface area (Å²) in [6, 6.07) is 13.8. The molecule has 0 radical (unpaired) electrons. The number of aliphatic carboxylic acids is 1. The van der Waals surface area contributed by atoms with Crippen molar-refractivity contribution in [3.63, 3.8) is 0 Å². The molecule has 0 spiro atoms. The molecule has 0 fully saturated rings. The molecule has 0 saturated heterocycles. The van der Waals surface area contributed by atoms with Crippen molar-refractivity contribution >= 4 is 22.7 Å². The molecule has 0 unspecified atom stereocenters. The summed E-state index contributed by atoms with van der Waals surface area (Å²) in [6.45, 7) is 5.69. The first kappa shape index (κ1) is 17.7. The van der Waals surface area contributed by atoms with Crippen LogP contribution in [0.3, 0.4) is 0 Å². The number of aryl methyl sites for hydroxylation is 3. The van der Waals surface area contributed by atoms with Crippen molar-refractivity contribution in [1.29, 1.82) is 0 Å². The molecule has 0 saturated carbocycles. The number of furan rings is 1. The van der Waals surface area contributed by atoms with Gasteiger partial charge in [0.25, 0.3) is 0 Å². The average molecular weight is 351 g/mol. The minimum absolute atomic E-state index is 0.490. The monoisotopic (exact) mass is 351 g/mol. The van der Waals surface area contributed by atoms with E-state index >= 15 is 0 Å². The number of hydrogen-bond acceptors (Lipinski definition) is 4. The lowest BCUT2D eigenvalue weighted by atomic mass is 9.95. The Morgan fingerprint density at radius 2 is 1.81 bits per heavy atom. The number of carboxylic acid groups (broad SMARTS) is 1. The maximum atomic E-state index is 10.7. The predicted octanol–water partition coefficient (Wildman–Crippen LogP) is 4.41. The summed E-state index contributed by atoms with van der Waals surface area (Å²) in [5.74, 6) is -0.489. The summed E-state index contributed by atoms with van der Waals surface area (Å²) >= 11 is 0. The standard InChI is InChI=1S/C21H21NO4/c1-13-8-14(2)17(15(3)9-13)11-18(22-25-12-21(23)24)20-10-16-6-4-5-7-19(16)26-20/h4-10H,11-12H2,1-3H3,(H,23,24)/b22-18-. The molecule has 0 atom stereocenters. The van der Waals surface area contributed by atoms with Crippen LogP contribution in [0.1, 0.15) is 28.0 Å². The van der Waals surface area contributed by atoms with Crippen molar-refractivity contribution in [2.45, 2.75) is 27.2 Å². The highest BCUT2D eigenvalue weighted by Gasteiger charge is 2.15. The summed E-state index contributed by atoms with van der Waals surface area (Å²) in [5.41, 5.74) is 5.97. The van der Waals surface area contributed by atoms with Gasteiger partial charge >= 0.3 is 5.97 Å². The van der Waals surface area contributed by atoms with Crippen LogP contribution in [0, 0.1) is 20.8 Å². The van der Waals surface area contributed by atoms with E-state index in [-0.39, 0.29) is 0 Å². The minimum Gasteiger partial charge on any atom is -0.479 e. The highest BCUT2D eigenvalue weighted by atomic mass is 16.6. The van der Waals surface area contributed by atoms with Gasteiger partial charge in [0, 0.05) is 11.8 Å². The Morgan fingerprint density at radius 1 is 1.12 bits per heavy atom. The van der Waals surface area contributed by atoms with Gasteiger partial charge in [-0.3, -0.25) is 0 Å². The first-order valence-electron chi connectivity index (χ1n) is 8.40. The third kappa shape index (κ3) is 3.94. The molecule has 3 rings (SSSR count). The Bertz CT molecular complexity index is 929. The van der Waals surface area contributed by atoms with E-state index in [1.54, 1.807) is 0 Å². The molecule has 0 aliphatic rings. The SMILES string of the molecule is Cc1cc(C)c(C/C(=N/OCC(=O)O)c2cc3ccccc3o2)c(C)c1. The van der Waals surface area contributed by atoms with Crippen LogP contribution in [0.2, 0.25) is 0 Å². The van der Waals surface area contributed by atoms with Gasteiger partial charge in [0.1, 0.15) is 11.3 Å². The Kier molecular flexibility index (Phi) is 5.07. The first-order chi connectivity index (χ1) is 12.4. The van der Waals surface area contributed by atoms with Gasteiger partial charge in [0.2, 0.25) is 6.61 Å². The number of hydrogen-bond donors (Lipinski definition) is 1. The highest BCUT2D eigenvalue weighted by Crippen LogP contribution is 2.23. The highest BCUT2D eigenvalue weighted by molar-refractivity contribution is 6.02. The van der Waals surface area contributed by atoms with Crippen LogP contribution in [0.4, 0.5) is 0 Å². The van der Waals surface area contributed by atoms with Gasteiger partial charge in [0.15, 0.2) is 5.76 Å². The number of carboxylic acids is 1. The van der Waals surface area contributed by atoms with E-state index in [0.29, 0.717) is 17.9 Å². The normalized spacial score (nSPS) is 11.7. The van der Waals surface area contributed by atoms with E-state index < -0.39 is 12.6 Å². The third-order valence-electron chi connectivity index (χ3n) is 4.26. The third-order valence-corrected chi connectivity index (χ3v) is 4.26. The molecule has 0 bridgehead atoms. The summed E-state index contributed by atoms with van der Waals surface area (Å²) < 4.78 is 5.91. The van der Waals surface area contributed by atoms with Crippen LogP contribution < -0.4 is 0 Å². The number of para-hydroxylation sites is 1. The van der Waals surface area contributed by atoms with Gasteiger partial charge < -0.3 is 14.4 Å². The van der Waals surface area contributed by atoms with Crippen LogP contribution in [-0.4, -0.2) is 23.4 Å². The second-order valence-corrected chi connectivity index (χ2v) is 6.41. The molecule has 1 heterocycles. The molecular weight excluding hydrogens is 330 g/mol. The maximum Gasteiger partial charge on any atom is 0.344 e. The number of fused-ring (bicyclic) bond motifs is 1. The fourth-order valence-corrected chi connectivity index (χ4v) is 3.11. The van der Waals surface area contributed by atoms with E-state index in [2.05, 4.69) is 38.1 Å². The van der Waals surface area contributed by atoms with Crippen LogP contribution in [0.15, 0.2) is 52.0 Å². The van der Waals surface area contributed by atoms with Gasteiger partial charge in [-0.15, -0.1) is 0 Å². The molecule has 2 aromatic carbocycles. The van der Waals surface area contributed by atoms with Crippen LogP contribution in [-0.2, 0) is 16.1 Å². The van der Waals surface area contributed by atoms with Gasteiger partial charge in [-0.05, 0) is 49.6 Å². The summed E-state index contributed by atoms with van der Waals surface area (Å²) in [7, 11) is 0. The maximum absolute atomic E-state index is 10.7. The molecule has 1 aromatic heterocycles. The second kappa shape index (κ2) is 7.44. The number of nitrogens with zero attached hydrogens (tertiary/aromatic N) is 1. The average Bonchev–Trinajstić information content (AvgIpc) is 3.00. The van der Waals surface area contributed by atoms with E-state index in [9.17, 15) is 4.79 Å². The number of oxime groups is 1. The van der Waals surface area contributed by atoms with E-state index in [4.69, 9.17) is 14.4 Å². The topological polar surface area (TPSA) is 72.0 Å². The number of rotatable bonds is 6. The molecule has 0 aliphatic carbocycles. The smallest absolute Gasteiger partial charge is 0.344 e. The molecule has 1 N–H and O–H groups in total. The van der Waals surface area contributed by atoms with Crippen molar-refractivity contribution in [1.82, 2.24) is 0 Å². The van der Waals surface area contributed by atoms with Crippen molar-refractivity contribution in [3.05, 3.63) is 70.5 Å². The van der Waals surface area contributed by atoms with Gasteiger partial charge in [0.05, 0.1) is 0 Å².